The van der Waals surface area contributed by atoms with Crippen LogP contribution in [0.4, 0.5) is 5.69 Å². The lowest BCUT2D eigenvalue weighted by atomic mass is 9.81. The molecule has 2 rings (SSSR count). The molecule has 1 amide bonds. The summed E-state index contributed by atoms with van der Waals surface area (Å²) in [4.78, 5) is 12.1. The van der Waals surface area contributed by atoms with Gasteiger partial charge in [0.2, 0.25) is 0 Å². The summed E-state index contributed by atoms with van der Waals surface area (Å²) in [7, 11) is 1.58. The second kappa shape index (κ2) is 7.34. The predicted molar refractivity (Wildman–Crippen MR) is 85.5 cm³/mol. The zero-order valence-electron chi connectivity index (χ0n) is 13.0. The van der Waals surface area contributed by atoms with Gasteiger partial charge in [0.15, 0.2) is 0 Å². The molecule has 4 heteroatoms. The highest BCUT2D eigenvalue weighted by molar-refractivity contribution is 5.99. The van der Waals surface area contributed by atoms with E-state index in [9.17, 15) is 4.79 Å². The highest BCUT2D eigenvalue weighted by Gasteiger charge is 2.18. The number of benzene rings is 1. The maximum atomic E-state index is 12.1. The maximum Gasteiger partial charge on any atom is 0.253 e. The Balaban J connectivity index is 1.79. The number of carbonyl (C=O) groups excluding carboxylic acids is 1. The number of nitrogen functional groups attached to an aromatic ring is 1. The van der Waals surface area contributed by atoms with E-state index in [0.29, 0.717) is 17.0 Å². The molecule has 4 nitrogen and oxygen atoms in total. The number of rotatable bonds is 5. The third kappa shape index (κ3) is 4.38. The highest BCUT2D eigenvalue weighted by atomic mass is 16.5. The normalized spacial score (nSPS) is 21.8. The maximum absolute atomic E-state index is 12.1. The van der Waals surface area contributed by atoms with Crippen LogP contribution in [0.5, 0.6) is 5.75 Å². The van der Waals surface area contributed by atoms with Gasteiger partial charge >= 0.3 is 0 Å². The van der Waals surface area contributed by atoms with E-state index in [1.807, 2.05) is 0 Å². The van der Waals surface area contributed by atoms with E-state index in [1.165, 1.54) is 25.7 Å². The summed E-state index contributed by atoms with van der Waals surface area (Å²) in [5.74, 6) is 2.20. The lowest BCUT2D eigenvalue weighted by Crippen LogP contribution is -2.27. The molecular weight excluding hydrogens is 264 g/mol. The second-order valence-electron chi connectivity index (χ2n) is 6.12. The molecule has 0 aliphatic heterocycles. The summed E-state index contributed by atoms with van der Waals surface area (Å²) < 4.78 is 5.09. The van der Waals surface area contributed by atoms with Crippen molar-refractivity contribution in [2.24, 2.45) is 11.8 Å². The molecule has 0 unspecified atom stereocenters. The summed E-state index contributed by atoms with van der Waals surface area (Å²) in [6.45, 7) is 3.05. The van der Waals surface area contributed by atoms with Crippen molar-refractivity contribution in [3.8, 4) is 5.75 Å². The molecule has 1 aromatic carbocycles. The number of hydrogen-bond acceptors (Lipinski definition) is 3. The molecule has 1 aliphatic carbocycles. The van der Waals surface area contributed by atoms with Crippen LogP contribution in [0, 0.1) is 11.8 Å². The van der Waals surface area contributed by atoms with E-state index in [1.54, 1.807) is 25.3 Å². The van der Waals surface area contributed by atoms with Gasteiger partial charge in [-0.1, -0.05) is 32.6 Å². The number of nitrogens with one attached hydrogen (secondary N) is 1. The lowest BCUT2D eigenvalue weighted by molar-refractivity contribution is 0.0950. The zero-order valence-corrected chi connectivity index (χ0v) is 13.0. The quantitative estimate of drug-likeness (QED) is 0.818. The average Bonchev–Trinajstić information content (AvgIpc) is 2.49. The van der Waals surface area contributed by atoms with Gasteiger partial charge in [-0.3, -0.25) is 4.79 Å². The summed E-state index contributed by atoms with van der Waals surface area (Å²) in [6, 6.07) is 5.15. The van der Waals surface area contributed by atoms with Crippen LogP contribution in [0.3, 0.4) is 0 Å². The first-order chi connectivity index (χ1) is 10.1. The molecule has 0 heterocycles. The van der Waals surface area contributed by atoms with Gasteiger partial charge in [0.1, 0.15) is 5.75 Å². The van der Waals surface area contributed by atoms with Crippen molar-refractivity contribution in [2.45, 2.75) is 39.0 Å². The standard InChI is InChI=1S/C17H26N2O2/c1-12-3-5-13(6-4-12)9-10-19-17(20)15-8-7-14(21-2)11-16(15)18/h7-8,11-13H,3-6,9-10,18H2,1-2H3,(H,19,20). The molecule has 0 radical (unpaired) electrons. The molecule has 3 N–H and O–H groups in total. The first-order valence-corrected chi connectivity index (χ1v) is 7.82. The van der Waals surface area contributed by atoms with Gasteiger partial charge in [0.05, 0.1) is 12.7 Å². The minimum absolute atomic E-state index is 0.0978. The van der Waals surface area contributed by atoms with Gasteiger partial charge < -0.3 is 15.8 Å². The Morgan fingerprint density at radius 3 is 2.67 bits per heavy atom. The van der Waals surface area contributed by atoms with Gasteiger partial charge in [-0.05, 0) is 30.4 Å². The number of amides is 1. The van der Waals surface area contributed by atoms with E-state index in [2.05, 4.69) is 12.2 Å². The molecule has 0 atom stereocenters. The Kier molecular flexibility index (Phi) is 5.48. The monoisotopic (exact) mass is 290 g/mol. The van der Waals surface area contributed by atoms with Gasteiger partial charge in [-0.15, -0.1) is 0 Å². The van der Waals surface area contributed by atoms with E-state index in [4.69, 9.17) is 10.5 Å². The van der Waals surface area contributed by atoms with Crippen LogP contribution >= 0.6 is 0 Å². The minimum atomic E-state index is -0.0978. The summed E-state index contributed by atoms with van der Waals surface area (Å²) in [5.41, 5.74) is 6.86. The third-order valence-electron chi connectivity index (χ3n) is 4.48. The third-order valence-corrected chi connectivity index (χ3v) is 4.48. The molecule has 1 saturated carbocycles. The minimum Gasteiger partial charge on any atom is -0.497 e. The Morgan fingerprint density at radius 1 is 1.33 bits per heavy atom. The molecule has 116 valence electrons. The van der Waals surface area contributed by atoms with Gasteiger partial charge in [0, 0.05) is 18.3 Å². The van der Waals surface area contributed by atoms with Crippen LogP contribution in [0.15, 0.2) is 18.2 Å². The fourth-order valence-corrected chi connectivity index (χ4v) is 2.98. The number of methoxy groups -OCH3 is 1. The van der Waals surface area contributed by atoms with Gasteiger partial charge in [-0.25, -0.2) is 0 Å². The molecule has 0 saturated heterocycles. The molecule has 1 aliphatic rings. The van der Waals surface area contributed by atoms with Crippen molar-refractivity contribution in [1.29, 1.82) is 0 Å². The molecule has 1 aromatic rings. The molecular formula is C17H26N2O2. The lowest BCUT2D eigenvalue weighted by Gasteiger charge is -2.26. The molecule has 1 fully saturated rings. The largest absolute Gasteiger partial charge is 0.497 e. The average molecular weight is 290 g/mol. The van der Waals surface area contributed by atoms with Crippen LogP contribution < -0.4 is 15.8 Å². The number of nitrogens with two attached hydrogens (primary N) is 1. The summed E-state index contributed by atoms with van der Waals surface area (Å²) in [5, 5.41) is 2.98. The van der Waals surface area contributed by atoms with E-state index in [-0.39, 0.29) is 5.91 Å². The van der Waals surface area contributed by atoms with Crippen LogP contribution in [0.2, 0.25) is 0 Å². The van der Waals surface area contributed by atoms with Crippen molar-refractivity contribution < 1.29 is 9.53 Å². The van der Waals surface area contributed by atoms with Crippen LogP contribution in [0.25, 0.3) is 0 Å². The number of ether oxygens (including phenoxy) is 1. The van der Waals surface area contributed by atoms with E-state index in [0.717, 1.165) is 24.8 Å². The van der Waals surface area contributed by atoms with Crippen molar-refractivity contribution in [3.05, 3.63) is 23.8 Å². The molecule has 0 spiro atoms. The van der Waals surface area contributed by atoms with Crippen LogP contribution in [-0.4, -0.2) is 19.6 Å². The zero-order chi connectivity index (χ0) is 15.2. The van der Waals surface area contributed by atoms with Crippen LogP contribution in [-0.2, 0) is 0 Å². The fourth-order valence-electron chi connectivity index (χ4n) is 2.98. The number of carbonyl (C=O) groups is 1. The Bertz CT molecular complexity index is 480. The predicted octanol–water partition coefficient (Wildman–Crippen LogP) is 3.22. The number of hydrogen-bond donors (Lipinski definition) is 2. The van der Waals surface area contributed by atoms with Gasteiger partial charge in [-0.2, -0.15) is 0 Å². The van der Waals surface area contributed by atoms with Crippen molar-refractivity contribution in [1.82, 2.24) is 5.32 Å². The molecule has 0 bridgehead atoms. The van der Waals surface area contributed by atoms with E-state index < -0.39 is 0 Å². The second-order valence-corrected chi connectivity index (χ2v) is 6.12. The SMILES string of the molecule is COc1ccc(C(=O)NCCC2CCC(C)CC2)c(N)c1. The topological polar surface area (TPSA) is 64.3 Å². The molecule has 21 heavy (non-hydrogen) atoms. The Morgan fingerprint density at radius 2 is 2.05 bits per heavy atom. The van der Waals surface area contributed by atoms with Gasteiger partial charge in [0.25, 0.3) is 5.91 Å². The molecule has 0 aromatic heterocycles. The first kappa shape index (κ1) is 15.7. The number of anilines is 1. The fraction of sp³-hybridized carbons (Fsp3) is 0.588. The van der Waals surface area contributed by atoms with Crippen molar-refractivity contribution in [3.63, 3.8) is 0 Å². The highest BCUT2D eigenvalue weighted by Crippen LogP contribution is 2.30. The smallest absolute Gasteiger partial charge is 0.253 e. The van der Waals surface area contributed by atoms with E-state index >= 15 is 0 Å². The summed E-state index contributed by atoms with van der Waals surface area (Å²) in [6.07, 6.45) is 6.30. The van der Waals surface area contributed by atoms with Crippen LogP contribution in [0.1, 0.15) is 49.4 Å². The Hall–Kier alpha value is -1.71. The first-order valence-electron chi connectivity index (χ1n) is 7.82. The van der Waals surface area contributed by atoms with Crippen molar-refractivity contribution in [2.75, 3.05) is 19.4 Å². The summed E-state index contributed by atoms with van der Waals surface area (Å²) >= 11 is 0. The Labute approximate surface area is 127 Å². The van der Waals surface area contributed by atoms with Crippen molar-refractivity contribution >= 4 is 11.6 Å².